The topological polar surface area (TPSA) is 141 Å². The molecule has 10 nitrogen and oxygen atoms in total. The smallest absolute Gasteiger partial charge is 0.319 e. The molecule has 10 heteroatoms. The lowest BCUT2D eigenvalue weighted by atomic mass is 9.72. The first-order valence-electron chi connectivity index (χ1n) is 16.0. The summed E-state index contributed by atoms with van der Waals surface area (Å²) in [6.45, 7) is 4.41. The van der Waals surface area contributed by atoms with E-state index in [0.29, 0.717) is 47.7 Å². The van der Waals surface area contributed by atoms with Crippen molar-refractivity contribution in [3.8, 4) is 0 Å². The fourth-order valence-electron chi connectivity index (χ4n) is 6.12. The number of hydrogen-bond donors (Lipinski definition) is 4. The van der Waals surface area contributed by atoms with Gasteiger partial charge >= 0.3 is 12.1 Å². The summed E-state index contributed by atoms with van der Waals surface area (Å²) in [5.74, 6) is 0.790. The standard InChI is InChI=1S/C38H38N6O4/c1-25-7-17-31(19-35(25)41-23-45)43-37(47)39-21-27-9-13-29(14-10-27)33-5-3-4-6-34(33)30-15-11-28(12-16-30)22-40-38(48)44-32-18-8-26(2)36(20-32)42-24-46/h7-20,33-34H,3-6,21-22H2,1-2H3,(H2,39,43,47)(H2,40,44,48)/t33-,34+. The molecule has 1 aliphatic carbocycles. The van der Waals surface area contributed by atoms with Gasteiger partial charge in [-0.3, -0.25) is 0 Å². The van der Waals surface area contributed by atoms with E-state index in [1.807, 2.05) is 13.8 Å². The predicted octanol–water partition coefficient (Wildman–Crippen LogP) is 8.32. The molecule has 1 fully saturated rings. The molecule has 48 heavy (non-hydrogen) atoms. The van der Waals surface area contributed by atoms with E-state index in [-0.39, 0.29) is 12.1 Å². The van der Waals surface area contributed by atoms with Gasteiger partial charge in [-0.05, 0) is 96.2 Å². The number of carbonyl (C=O) groups is 2. The highest BCUT2D eigenvalue weighted by Crippen LogP contribution is 2.44. The molecule has 0 saturated heterocycles. The molecular formula is C38H38N6O4. The van der Waals surface area contributed by atoms with Crippen LogP contribution >= 0.6 is 0 Å². The Bertz CT molecular complexity index is 1720. The van der Waals surface area contributed by atoms with Crippen LogP contribution in [0.1, 0.15) is 70.9 Å². The monoisotopic (exact) mass is 642 g/mol. The van der Waals surface area contributed by atoms with Crippen molar-refractivity contribution in [3.63, 3.8) is 0 Å². The number of rotatable bonds is 10. The van der Waals surface area contributed by atoms with Crippen molar-refractivity contribution < 1.29 is 19.2 Å². The molecule has 4 N–H and O–H groups in total. The van der Waals surface area contributed by atoms with Crippen LogP contribution in [-0.4, -0.2) is 24.2 Å². The van der Waals surface area contributed by atoms with E-state index >= 15 is 0 Å². The molecule has 4 aromatic rings. The molecular weight excluding hydrogens is 604 g/mol. The van der Waals surface area contributed by atoms with Crippen molar-refractivity contribution in [1.29, 1.82) is 0 Å². The maximum atomic E-state index is 12.5. The summed E-state index contributed by atoms with van der Waals surface area (Å²) in [4.78, 5) is 53.6. The summed E-state index contributed by atoms with van der Waals surface area (Å²) >= 11 is 0. The van der Waals surface area contributed by atoms with Gasteiger partial charge in [0.25, 0.3) is 0 Å². The highest BCUT2D eigenvalue weighted by molar-refractivity contribution is 5.90. The van der Waals surface area contributed by atoms with E-state index in [9.17, 15) is 19.2 Å². The normalized spacial score (nSPS) is 15.3. The minimum atomic E-state index is -0.346. The molecule has 4 aromatic carbocycles. The van der Waals surface area contributed by atoms with Gasteiger partial charge in [0.05, 0.1) is 11.4 Å². The Labute approximate surface area is 279 Å². The van der Waals surface area contributed by atoms with E-state index in [1.165, 1.54) is 36.1 Å². The maximum absolute atomic E-state index is 12.5. The van der Waals surface area contributed by atoms with Crippen LogP contribution in [0.15, 0.2) is 94.9 Å². The van der Waals surface area contributed by atoms with E-state index < -0.39 is 0 Å². The number of aliphatic imine (C=N–C) groups is 2. The molecule has 0 spiro atoms. The minimum absolute atomic E-state index is 0.346. The lowest BCUT2D eigenvalue weighted by Crippen LogP contribution is -2.28. The van der Waals surface area contributed by atoms with E-state index in [0.717, 1.165) is 35.1 Å². The minimum Gasteiger partial charge on any atom is -0.334 e. The first kappa shape index (κ1) is 33.5. The van der Waals surface area contributed by atoms with Crippen molar-refractivity contribution in [2.24, 2.45) is 9.98 Å². The van der Waals surface area contributed by atoms with Gasteiger partial charge in [-0.2, -0.15) is 9.98 Å². The third-order valence-electron chi connectivity index (χ3n) is 8.75. The zero-order valence-corrected chi connectivity index (χ0v) is 27.0. The highest BCUT2D eigenvalue weighted by atomic mass is 16.2. The molecule has 244 valence electrons. The Morgan fingerprint density at radius 2 is 1.02 bits per heavy atom. The quantitative estimate of drug-likeness (QED) is 0.102. The molecule has 5 rings (SSSR count). The summed E-state index contributed by atoms with van der Waals surface area (Å²) in [5.41, 5.74) is 8.22. The van der Waals surface area contributed by atoms with Gasteiger partial charge in [-0.1, -0.05) is 73.5 Å². The maximum Gasteiger partial charge on any atom is 0.319 e. The molecule has 0 radical (unpaired) electrons. The number of benzene rings is 4. The van der Waals surface area contributed by atoms with E-state index in [1.54, 1.807) is 36.4 Å². The Morgan fingerprint density at radius 1 is 0.625 bits per heavy atom. The Balaban J connectivity index is 1.14. The van der Waals surface area contributed by atoms with Gasteiger partial charge < -0.3 is 21.3 Å². The van der Waals surface area contributed by atoms with Crippen LogP contribution in [0, 0.1) is 13.8 Å². The van der Waals surface area contributed by atoms with Crippen LogP contribution in [-0.2, 0) is 22.7 Å². The number of carbonyl (C=O) groups excluding carboxylic acids is 4. The molecule has 0 heterocycles. The zero-order chi connectivity index (χ0) is 33.9. The van der Waals surface area contributed by atoms with E-state index in [4.69, 9.17) is 0 Å². The van der Waals surface area contributed by atoms with Crippen LogP contribution in [0.2, 0.25) is 0 Å². The summed E-state index contributed by atoms with van der Waals surface area (Å²) in [6.07, 6.45) is 7.66. The largest absolute Gasteiger partial charge is 0.334 e. The first-order chi connectivity index (χ1) is 23.3. The van der Waals surface area contributed by atoms with Gasteiger partial charge in [-0.15, -0.1) is 0 Å². The molecule has 0 aromatic heterocycles. The molecule has 4 amide bonds. The number of anilines is 2. The van der Waals surface area contributed by atoms with Gasteiger partial charge in [0.1, 0.15) is 0 Å². The zero-order valence-electron chi connectivity index (χ0n) is 27.0. The van der Waals surface area contributed by atoms with Crippen molar-refractivity contribution in [2.45, 2.75) is 64.5 Å². The van der Waals surface area contributed by atoms with Crippen molar-refractivity contribution in [2.75, 3.05) is 10.6 Å². The highest BCUT2D eigenvalue weighted by Gasteiger charge is 2.27. The Hall–Kier alpha value is -5.82. The number of nitrogens with zero attached hydrogens (tertiary/aromatic N) is 2. The summed E-state index contributed by atoms with van der Waals surface area (Å²) < 4.78 is 0. The predicted molar refractivity (Wildman–Crippen MR) is 186 cm³/mol. The Morgan fingerprint density at radius 3 is 1.40 bits per heavy atom. The number of nitrogens with one attached hydrogen (secondary N) is 4. The third kappa shape index (κ3) is 8.91. The molecule has 0 unspecified atom stereocenters. The number of urea groups is 2. The summed E-state index contributed by atoms with van der Waals surface area (Å²) in [6, 6.07) is 26.6. The summed E-state index contributed by atoms with van der Waals surface area (Å²) in [7, 11) is 0. The van der Waals surface area contributed by atoms with E-state index in [2.05, 4.69) is 79.8 Å². The van der Waals surface area contributed by atoms with Crippen LogP contribution in [0.25, 0.3) is 0 Å². The summed E-state index contributed by atoms with van der Waals surface area (Å²) in [5, 5.41) is 11.3. The lowest BCUT2D eigenvalue weighted by molar-refractivity contribution is 0.251. The Kier molecular flexibility index (Phi) is 11.3. The van der Waals surface area contributed by atoms with Crippen LogP contribution in [0.4, 0.5) is 32.3 Å². The average molecular weight is 643 g/mol. The SMILES string of the molecule is Cc1ccc(NC(=O)NCc2ccc([C@H]3CCCC[C@H]3c3ccc(CNC(=O)Nc4ccc(C)c(N=C=O)c4)cc3)cc2)cc1N=C=O. The van der Waals surface area contributed by atoms with Crippen LogP contribution < -0.4 is 21.3 Å². The van der Waals surface area contributed by atoms with Gasteiger partial charge in [-0.25, -0.2) is 19.2 Å². The van der Waals surface area contributed by atoms with Crippen molar-refractivity contribution >= 4 is 47.0 Å². The fourth-order valence-corrected chi connectivity index (χ4v) is 6.12. The lowest BCUT2D eigenvalue weighted by Gasteiger charge is -2.32. The number of hydrogen-bond acceptors (Lipinski definition) is 6. The second kappa shape index (κ2) is 16.1. The molecule has 0 bridgehead atoms. The number of aryl methyl sites for hydroxylation is 2. The van der Waals surface area contributed by atoms with Crippen LogP contribution in [0.5, 0.6) is 0 Å². The van der Waals surface area contributed by atoms with Crippen molar-refractivity contribution in [1.82, 2.24) is 10.6 Å². The second-order valence-corrected chi connectivity index (χ2v) is 12.0. The number of amides is 4. The third-order valence-corrected chi connectivity index (χ3v) is 8.75. The fraction of sp³-hybridized carbons (Fsp3) is 0.263. The first-order valence-corrected chi connectivity index (χ1v) is 16.0. The van der Waals surface area contributed by atoms with Gasteiger partial charge in [0, 0.05) is 24.5 Å². The molecule has 2 atom stereocenters. The van der Waals surface area contributed by atoms with Gasteiger partial charge in [0.15, 0.2) is 0 Å². The van der Waals surface area contributed by atoms with Crippen molar-refractivity contribution in [3.05, 3.63) is 118 Å². The molecule has 0 aliphatic heterocycles. The van der Waals surface area contributed by atoms with Crippen LogP contribution in [0.3, 0.4) is 0 Å². The number of isocyanates is 2. The molecule has 1 saturated carbocycles. The van der Waals surface area contributed by atoms with Gasteiger partial charge in [0.2, 0.25) is 12.2 Å². The second-order valence-electron chi connectivity index (χ2n) is 12.0. The average Bonchev–Trinajstić information content (AvgIpc) is 3.10. The molecule has 1 aliphatic rings.